The predicted octanol–water partition coefficient (Wildman–Crippen LogP) is -1.65. The van der Waals surface area contributed by atoms with Gasteiger partial charge in [0.2, 0.25) is 0 Å². The molecule has 0 aromatic carbocycles. The van der Waals surface area contributed by atoms with Crippen LogP contribution in [0.4, 0.5) is 0 Å². The Balaban J connectivity index is -0.0000000720. The quantitative estimate of drug-likeness (QED) is 0.384. The standard InChI is InChI=1S/C2H8N2.C2H4O2.Na.H/c3-1-2-4;1-2(3)4;;/h1-4H2;1H3,(H,3,4);;. The summed E-state index contributed by atoms with van der Waals surface area (Å²) in [6, 6.07) is 0. The molecule has 0 unspecified atom stereocenters. The molecule has 0 fully saturated rings. The van der Waals surface area contributed by atoms with Gasteiger partial charge in [-0.1, -0.05) is 0 Å². The van der Waals surface area contributed by atoms with E-state index in [-0.39, 0.29) is 29.6 Å². The van der Waals surface area contributed by atoms with Gasteiger partial charge < -0.3 is 16.6 Å². The monoisotopic (exact) mass is 144 g/mol. The molecule has 0 saturated heterocycles. The van der Waals surface area contributed by atoms with Gasteiger partial charge in [-0.15, -0.1) is 0 Å². The summed E-state index contributed by atoms with van der Waals surface area (Å²) in [5.74, 6) is -0.833. The van der Waals surface area contributed by atoms with Crippen molar-refractivity contribution in [2.24, 2.45) is 11.5 Å². The first-order valence-electron chi connectivity index (χ1n) is 2.24. The zero-order valence-electron chi connectivity index (χ0n) is 4.92. The molecule has 0 saturated carbocycles. The van der Waals surface area contributed by atoms with Crippen LogP contribution in [-0.4, -0.2) is 53.7 Å². The Bertz CT molecular complexity index is 54.5. The number of carbonyl (C=O) groups is 1. The third-order valence-corrected chi connectivity index (χ3v) is 0.167. The summed E-state index contributed by atoms with van der Waals surface area (Å²) >= 11 is 0. The third-order valence-electron chi connectivity index (χ3n) is 0.167. The van der Waals surface area contributed by atoms with Crippen LogP contribution in [0.5, 0.6) is 0 Å². The third kappa shape index (κ3) is 177. The maximum atomic E-state index is 9.00. The Labute approximate surface area is 76.9 Å². The molecule has 0 amide bonds. The Kier molecular flexibility index (Phi) is 28.4. The number of carboxylic acids is 1. The fourth-order valence-corrected chi connectivity index (χ4v) is 0. The molecular weight excluding hydrogens is 131 g/mol. The zero-order chi connectivity index (χ0) is 6.99. The average molecular weight is 144 g/mol. The molecular formula is C4H13N2NaO2. The van der Waals surface area contributed by atoms with Crippen LogP contribution < -0.4 is 11.5 Å². The van der Waals surface area contributed by atoms with E-state index in [1.807, 2.05) is 0 Å². The molecule has 0 heterocycles. The molecule has 0 aromatic rings. The van der Waals surface area contributed by atoms with Crippen LogP contribution in [0.2, 0.25) is 0 Å². The first-order chi connectivity index (χ1) is 3.65. The van der Waals surface area contributed by atoms with E-state index >= 15 is 0 Å². The molecule has 9 heavy (non-hydrogen) atoms. The van der Waals surface area contributed by atoms with Crippen molar-refractivity contribution in [3.8, 4) is 0 Å². The van der Waals surface area contributed by atoms with Crippen molar-refractivity contribution in [1.29, 1.82) is 0 Å². The first-order valence-corrected chi connectivity index (χ1v) is 2.24. The van der Waals surface area contributed by atoms with Crippen molar-refractivity contribution in [2.75, 3.05) is 13.1 Å². The van der Waals surface area contributed by atoms with Gasteiger partial charge in [-0.05, 0) is 0 Å². The molecule has 0 aliphatic rings. The van der Waals surface area contributed by atoms with Crippen LogP contribution in [0.25, 0.3) is 0 Å². The second kappa shape index (κ2) is 15.8. The van der Waals surface area contributed by atoms with Gasteiger partial charge in [0, 0.05) is 20.0 Å². The van der Waals surface area contributed by atoms with E-state index < -0.39 is 5.97 Å². The first kappa shape index (κ1) is 16.2. The maximum absolute atomic E-state index is 9.00. The van der Waals surface area contributed by atoms with E-state index in [0.717, 1.165) is 6.92 Å². The van der Waals surface area contributed by atoms with Crippen molar-refractivity contribution in [1.82, 2.24) is 0 Å². The van der Waals surface area contributed by atoms with E-state index in [9.17, 15) is 0 Å². The molecule has 0 bridgehead atoms. The van der Waals surface area contributed by atoms with Crippen LogP contribution in [-0.2, 0) is 4.79 Å². The van der Waals surface area contributed by atoms with Gasteiger partial charge in [-0.3, -0.25) is 4.79 Å². The summed E-state index contributed by atoms with van der Waals surface area (Å²) in [5, 5.41) is 7.42. The number of carboxylic acid groups (broad SMARTS) is 1. The molecule has 0 spiro atoms. The molecule has 0 aliphatic heterocycles. The fourth-order valence-electron chi connectivity index (χ4n) is 0. The molecule has 0 atom stereocenters. The van der Waals surface area contributed by atoms with Crippen LogP contribution in [0.3, 0.4) is 0 Å². The number of nitrogens with two attached hydrogens (primary N) is 2. The van der Waals surface area contributed by atoms with E-state index in [4.69, 9.17) is 21.4 Å². The second-order valence-electron chi connectivity index (χ2n) is 1.10. The van der Waals surface area contributed by atoms with Gasteiger partial charge in [0.25, 0.3) is 5.97 Å². The summed E-state index contributed by atoms with van der Waals surface area (Å²) in [6.07, 6.45) is 0. The molecule has 0 rings (SSSR count). The number of hydrogen-bond donors (Lipinski definition) is 3. The van der Waals surface area contributed by atoms with Gasteiger partial charge in [0.05, 0.1) is 0 Å². The SMILES string of the molecule is CC(=O)O.NCCN.[NaH]. The van der Waals surface area contributed by atoms with Crippen molar-refractivity contribution in [3.63, 3.8) is 0 Å². The van der Waals surface area contributed by atoms with E-state index in [2.05, 4.69) is 0 Å². The minimum atomic E-state index is -0.833. The van der Waals surface area contributed by atoms with E-state index in [1.165, 1.54) is 0 Å². The molecule has 0 aromatic heterocycles. The normalized spacial score (nSPS) is 6.11. The van der Waals surface area contributed by atoms with Gasteiger partial charge >= 0.3 is 29.6 Å². The topological polar surface area (TPSA) is 89.3 Å². The minimum absolute atomic E-state index is 0. The van der Waals surface area contributed by atoms with Crippen LogP contribution in [0, 0.1) is 0 Å². The second-order valence-corrected chi connectivity index (χ2v) is 1.10. The number of aliphatic carboxylic acids is 1. The summed E-state index contributed by atoms with van der Waals surface area (Å²) < 4.78 is 0. The molecule has 52 valence electrons. The summed E-state index contributed by atoms with van der Waals surface area (Å²) in [5.41, 5.74) is 9.81. The Morgan fingerprint density at radius 3 is 1.56 bits per heavy atom. The fraction of sp³-hybridized carbons (Fsp3) is 0.750. The summed E-state index contributed by atoms with van der Waals surface area (Å²) in [6.45, 7) is 2.28. The van der Waals surface area contributed by atoms with Crippen LogP contribution >= 0.6 is 0 Å². The van der Waals surface area contributed by atoms with Gasteiger partial charge in [0.15, 0.2) is 0 Å². The average Bonchev–Trinajstić information content (AvgIpc) is 1.65. The molecule has 0 aliphatic carbocycles. The molecule has 0 radical (unpaired) electrons. The van der Waals surface area contributed by atoms with Gasteiger partial charge in [-0.25, -0.2) is 0 Å². The number of hydrogen-bond acceptors (Lipinski definition) is 3. The van der Waals surface area contributed by atoms with Crippen molar-refractivity contribution < 1.29 is 9.90 Å². The Morgan fingerprint density at radius 1 is 1.44 bits per heavy atom. The van der Waals surface area contributed by atoms with Gasteiger partial charge in [0.1, 0.15) is 0 Å². The van der Waals surface area contributed by atoms with Gasteiger partial charge in [-0.2, -0.15) is 0 Å². The summed E-state index contributed by atoms with van der Waals surface area (Å²) in [7, 11) is 0. The van der Waals surface area contributed by atoms with E-state index in [0.29, 0.717) is 13.1 Å². The van der Waals surface area contributed by atoms with E-state index in [1.54, 1.807) is 0 Å². The molecule has 5 N–H and O–H groups in total. The van der Waals surface area contributed by atoms with Crippen LogP contribution in [0.15, 0.2) is 0 Å². The summed E-state index contributed by atoms with van der Waals surface area (Å²) in [4.78, 5) is 9.00. The number of rotatable bonds is 1. The van der Waals surface area contributed by atoms with Crippen molar-refractivity contribution in [3.05, 3.63) is 0 Å². The van der Waals surface area contributed by atoms with Crippen molar-refractivity contribution >= 4 is 35.5 Å². The van der Waals surface area contributed by atoms with Crippen LogP contribution in [0.1, 0.15) is 6.92 Å². The predicted molar refractivity (Wildman–Crippen MR) is 38.6 cm³/mol. The molecule has 5 heteroatoms. The molecule has 4 nitrogen and oxygen atoms in total. The van der Waals surface area contributed by atoms with Crippen molar-refractivity contribution in [2.45, 2.75) is 6.92 Å². The Hall–Kier alpha value is 0.390. The Morgan fingerprint density at radius 2 is 1.56 bits per heavy atom. The zero-order valence-corrected chi connectivity index (χ0v) is 4.92.